The molecule has 5 nitrogen and oxygen atoms in total. The Bertz CT molecular complexity index is 602. The van der Waals surface area contributed by atoms with Crippen molar-refractivity contribution >= 4 is 22.7 Å². The summed E-state index contributed by atoms with van der Waals surface area (Å²) >= 11 is 0. The topological polar surface area (TPSA) is 58.3 Å². The lowest BCUT2D eigenvalue weighted by Gasteiger charge is -2.37. The number of fused-ring (bicyclic) bond motifs is 1. The van der Waals surface area contributed by atoms with Crippen LogP contribution in [-0.4, -0.2) is 47.1 Å². The summed E-state index contributed by atoms with van der Waals surface area (Å²) in [6, 6.07) is 8.46. The SMILES string of the molecule is CC(C)N1CCN(c2nc3ccccc3nc2N)CC1. The van der Waals surface area contributed by atoms with Crippen LogP contribution in [0.1, 0.15) is 13.8 Å². The van der Waals surface area contributed by atoms with E-state index in [4.69, 9.17) is 5.73 Å². The molecule has 0 bridgehead atoms. The van der Waals surface area contributed by atoms with Gasteiger partial charge in [0.1, 0.15) is 0 Å². The van der Waals surface area contributed by atoms with Gasteiger partial charge < -0.3 is 10.6 Å². The minimum Gasteiger partial charge on any atom is -0.381 e. The van der Waals surface area contributed by atoms with E-state index in [2.05, 4.69) is 33.6 Å². The summed E-state index contributed by atoms with van der Waals surface area (Å²) in [5.74, 6) is 1.36. The van der Waals surface area contributed by atoms with Crippen LogP contribution in [0, 0.1) is 0 Å². The first kappa shape index (κ1) is 13.1. The van der Waals surface area contributed by atoms with Crippen molar-refractivity contribution in [2.45, 2.75) is 19.9 Å². The Morgan fingerprint density at radius 1 is 1.00 bits per heavy atom. The number of nitrogens with two attached hydrogens (primary N) is 1. The van der Waals surface area contributed by atoms with Gasteiger partial charge in [-0.2, -0.15) is 0 Å². The van der Waals surface area contributed by atoms with Crippen LogP contribution >= 0.6 is 0 Å². The molecule has 0 amide bonds. The van der Waals surface area contributed by atoms with Gasteiger partial charge in [0.15, 0.2) is 11.6 Å². The van der Waals surface area contributed by atoms with Crippen LogP contribution in [0.25, 0.3) is 11.0 Å². The largest absolute Gasteiger partial charge is 0.381 e. The van der Waals surface area contributed by atoms with Crippen LogP contribution in [0.5, 0.6) is 0 Å². The first-order valence-corrected chi connectivity index (χ1v) is 7.16. The maximum absolute atomic E-state index is 6.08. The molecule has 0 aliphatic carbocycles. The van der Waals surface area contributed by atoms with Gasteiger partial charge in [-0.05, 0) is 26.0 Å². The van der Waals surface area contributed by atoms with Gasteiger partial charge >= 0.3 is 0 Å². The first-order valence-electron chi connectivity index (χ1n) is 7.16. The summed E-state index contributed by atoms with van der Waals surface area (Å²) in [4.78, 5) is 13.9. The number of nitrogen functional groups attached to an aromatic ring is 1. The molecule has 1 aliphatic rings. The van der Waals surface area contributed by atoms with Crippen molar-refractivity contribution in [3.8, 4) is 0 Å². The molecule has 1 aromatic carbocycles. The van der Waals surface area contributed by atoms with Gasteiger partial charge in [0.05, 0.1) is 11.0 Å². The number of para-hydroxylation sites is 2. The van der Waals surface area contributed by atoms with Crippen LogP contribution < -0.4 is 10.6 Å². The number of benzene rings is 1. The number of hydrogen-bond acceptors (Lipinski definition) is 5. The monoisotopic (exact) mass is 271 g/mol. The molecule has 1 fully saturated rings. The lowest BCUT2D eigenvalue weighted by atomic mass is 10.2. The number of piperazine rings is 1. The second-order valence-electron chi connectivity index (χ2n) is 5.54. The van der Waals surface area contributed by atoms with Gasteiger partial charge in [-0.25, -0.2) is 9.97 Å². The van der Waals surface area contributed by atoms with E-state index in [0.717, 1.165) is 43.0 Å². The molecule has 0 spiro atoms. The van der Waals surface area contributed by atoms with E-state index < -0.39 is 0 Å². The predicted molar refractivity (Wildman–Crippen MR) is 82.9 cm³/mol. The van der Waals surface area contributed by atoms with Crippen molar-refractivity contribution in [3.05, 3.63) is 24.3 Å². The molecular weight excluding hydrogens is 250 g/mol. The maximum Gasteiger partial charge on any atom is 0.172 e. The molecule has 2 heterocycles. The molecule has 0 saturated carbocycles. The molecule has 20 heavy (non-hydrogen) atoms. The molecule has 0 radical (unpaired) electrons. The molecule has 2 aromatic rings. The quantitative estimate of drug-likeness (QED) is 0.901. The number of rotatable bonds is 2. The van der Waals surface area contributed by atoms with Crippen molar-refractivity contribution < 1.29 is 0 Å². The average molecular weight is 271 g/mol. The molecule has 1 saturated heterocycles. The molecule has 3 rings (SSSR count). The molecule has 106 valence electrons. The minimum atomic E-state index is 0.529. The minimum absolute atomic E-state index is 0.529. The van der Waals surface area contributed by atoms with Crippen molar-refractivity contribution in [2.75, 3.05) is 36.8 Å². The molecule has 1 aliphatic heterocycles. The summed E-state index contributed by atoms with van der Waals surface area (Å²) in [6.07, 6.45) is 0. The summed E-state index contributed by atoms with van der Waals surface area (Å²) < 4.78 is 0. The molecule has 1 aromatic heterocycles. The van der Waals surface area contributed by atoms with Crippen LogP contribution in [0.15, 0.2) is 24.3 Å². The molecule has 2 N–H and O–H groups in total. The van der Waals surface area contributed by atoms with E-state index in [-0.39, 0.29) is 0 Å². The van der Waals surface area contributed by atoms with Gasteiger partial charge in [0.25, 0.3) is 0 Å². The number of hydrogen-bond donors (Lipinski definition) is 1. The summed E-state index contributed by atoms with van der Waals surface area (Å²) in [6.45, 7) is 8.47. The van der Waals surface area contributed by atoms with Gasteiger partial charge in [0, 0.05) is 32.2 Å². The predicted octanol–water partition coefficient (Wildman–Crippen LogP) is 1.74. The fourth-order valence-electron chi connectivity index (χ4n) is 2.69. The summed E-state index contributed by atoms with van der Waals surface area (Å²) in [7, 11) is 0. The fourth-order valence-corrected chi connectivity index (χ4v) is 2.69. The third-order valence-corrected chi connectivity index (χ3v) is 3.92. The highest BCUT2D eigenvalue weighted by Crippen LogP contribution is 2.23. The number of anilines is 2. The van der Waals surface area contributed by atoms with E-state index in [1.165, 1.54) is 0 Å². The van der Waals surface area contributed by atoms with Gasteiger partial charge in [-0.15, -0.1) is 0 Å². The first-order chi connectivity index (χ1) is 9.65. The highest BCUT2D eigenvalue weighted by molar-refractivity contribution is 5.79. The average Bonchev–Trinajstić information content (AvgIpc) is 2.46. The highest BCUT2D eigenvalue weighted by atomic mass is 15.3. The Labute approximate surface area is 119 Å². The third kappa shape index (κ3) is 2.41. The molecule has 0 atom stereocenters. The normalized spacial score (nSPS) is 17.1. The van der Waals surface area contributed by atoms with E-state index >= 15 is 0 Å². The molecule has 5 heteroatoms. The summed E-state index contributed by atoms with van der Waals surface area (Å²) in [5, 5.41) is 0. The Morgan fingerprint density at radius 3 is 2.20 bits per heavy atom. The Kier molecular flexibility index (Phi) is 3.44. The molecule has 0 unspecified atom stereocenters. The van der Waals surface area contributed by atoms with Crippen molar-refractivity contribution in [1.82, 2.24) is 14.9 Å². The Morgan fingerprint density at radius 2 is 1.60 bits per heavy atom. The highest BCUT2D eigenvalue weighted by Gasteiger charge is 2.21. The van der Waals surface area contributed by atoms with Gasteiger partial charge in [-0.1, -0.05) is 12.1 Å². The van der Waals surface area contributed by atoms with E-state index in [0.29, 0.717) is 11.9 Å². The summed E-state index contributed by atoms with van der Waals surface area (Å²) in [5.41, 5.74) is 7.84. The Balaban J connectivity index is 1.86. The van der Waals surface area contributed by atoms with Crippen molar-refractivity contribution in [2.24, 2.45) is 0 Å². The van der Waals surface area contributed by atoms with Gasteiger partial charge in [-0.3, -0.25) is 4.90 Å². The second kappa shape index (κ2) is 5.25. The van der Waals surface area contributed by atoms with E-state index in [9.17, 15) is 0 Å². The second-order valence-corrected chi connectivity index (χ2v) is 5.54. The van der Waals surface area contributed by atoms with Crippen molar-refractivity contribution in [1.29, 1.82) is 0 Å². The lowest BCUT2D eigenvalue weighted by molar-refractivity contribution is 0.209. The fraction of sp³-hybridized carbons (Fsp3) is 0.467. The van der Waals surface area contributed by atoms with E-state index in [1.807, 2.05) is 24.3 Å². The zero-order chi connectivity index (χ0) is 14.1. The van der Waals surface area contributed by atoms with Crippen LogP contribution in [0.2, 0.25) is 0 Å². The van der Waals surface area contributed by atoms with Crippen LogP contribution in [0.4, 0.5) is 11.6 Å². The lowest BCUT2D eigenvalue weighted by Crippen LogP contribution is -2.49. The molecular formula is C15H21N5. The maximum atomic E-state index is 6.08. The number of nitrogens with zero attached hydrogens (tertiary/aromatic N) is 4. The van der Waals surface area contributed by atoms with Crippen LogP contribution in [-0.2, 0) is 0 Å². The van der Waals surface area contributed by atoms with Gasteiger partial charge in [0.2, 0.25) is 0 Å². The van der Waals surface area contributed by atoms with Crippen molar-refractivity contribution in [3.63, 3.8) is 0 Å². The zero-order valence-corrected chi connectivity index (χ0v) is 12.1. The zero-order valence-electron chi connectivity index (χ0n) is 12.1. The third-order valence-electron chi connectivity index (χ3n) is 3.92. The smallest absolute Gasteiger partial charge is 0.172 e. The van der Waals surface area contributed by atoms with E-state index in [1.54, 1.807) is 0 Å². The Hall–Kier alpha value is -1.88. The van der Waals surface area contributed by atoms with Crippen LogP contribution in [0.3, 0.4) is 0 Å². The number of aromatic nitrogens is 2. The standard InChI is InChI=1S/C15H21N5/c1-11(2)19-7-9-20(10-8-19)15-14(16)17-12-5-3-4-6-13(12)18-15/h3-6,11H,7-10H2,1-2H3,(H2,16,17).